The predicted molar refractivity (Wildman–Crippen MR) is 142 cm³/mol. The second kappa shape index (κ2) is 10.2. The van der Waals surface area contributed by atoms with Gasteiger partial charge in [-0.05, 0) is 25.0 Å². The molecule has 190 valence electrons. The lowest BCUT2D eigenvalue weighted by molar-refractivity contribution is -0.116. The van der Waals surface area contributed by atoms with E-state index in [4.69, 9.17) is 22.1 Å². The van der Waals surface area contributed by atoms with Gasteiger partial charge in [-0.1, -0.05) is 60.1 Å². The molecule has 0 spiro atoms. The lowest BCUT2D eigenvalue weighted by Crippen LogP contribution is -2.46. The number of likely N-dealkylation sites (tertiary alicyclic amines) is 1. The molecule has 3 heterocycles. The van der Waals surface area contributed by atoms with E-state index in [-0.39, 0.29) is 12.5 Å². The van der Waals surface area contributed by atoms with Crippen LogP contribution in [0.5, 0.6) is 0 Å². The maximum Gasteiger partial charge on any atom is 0.270 e. The number of piperidine rings is 1. The van der Waals surface area contributed by atoms with Gasteiger partial charge in [-0.25, -0.2) is 9.97 Å². The van der Waals surface area contributed by atoms with Crippen molar-refractivity contribution in [3.05, 3.63) is 76.9 Å². The number of rotatable bonds is 7. The van der Waals surface area contributed by atoms with Crippen molar-refractivity contribution in [1.29, 1.82) is 0 Å². The second-order valence-corrected chi connectivity index (χ2v) is 9.40. The van der Waals surface area contributed by atoms with E-state index in [1.165, 1.54) is 0 Å². The number of nitrogens with two attached hydrogens (primary N) is 1. The van der Waals surface area contributed by atoms with Crippen LogP contribution in [0.2, 0.25) is 5.02 Å². The first-order valence-corrected chi connectivity index (χ1v) is 12.4. The van der Waals surface area contributed by atoms with Crippen molar-refractivity contribution in [2.24, 2.45) is 5.73 Å². The van der Waals surface area contributed by atoms with Crippen molar-refractivity contribution in [2.45, 2.75) is 18.4 Å². The van der Waals surface area contributed by atoms with Crippen LogP contribution in [-0.4, -0.2) is 58.4 Å². The van der Waals surface area contributed by atoms with Crippen molar-refractivity contribution in [1.82, 2.24) is 19.9 Å². The average molecular weight is 519 g/mol. The number of aromatic nitrogens is 3. The molecule has 0 saturated carbocycles. The number of nitrogens with zero attached hydrogens (tertiary/aromatic N) is 3. The zero-order valence-corrected chi connectivity index (χ0v) is 21.1. The third-order valence-electron chi connectivity index (χ3n) is 6.79. The van der Waals surface area contributed by atoms with E-state index in [2.05, 4.69) is 20.3 Å². The van der Waals surface area contributed by atoms with Crippen LogP contribution in [0.3, 0.4) is 0 Å². The number of H-pyrrole nitrogens is 1. The van der Waals surface area contributed by atoms with E-state index >= 15 is 0 Å². The van der Waals surface area contributed by atoms with Gasteiger partial charge in [0.05, 0.1) is 17.5 Å². The average Bonchev–Trinajstić information content (AvgIpc) is 3.36. The van der Waals surface area contributed by atoms with Gasteiger partial charge >= 0.3 is 0 Å². The molecular formula is C27H27ClN6O3. The molecule has 1 aliphatic heterocycles. The number of ether oxygens (including phenoxy) is 1. The Morgan fingerprint density at radius 3 is 2.49 bits per heavy atom. The quantitative estimate of drug-likeness (QED) is 0.340. The van der Waals surface area contributed by atoms with Gasteiger partial charge in [-0.15, -0.1) is 0 Å². The number of benzene rings is 2. The summed E-state index contributed by atoms with van der Waals surface area (Å²) in [5.41, 5.74) is 7.41. The van der Waals surface area contributed by atoms with Crippen LogP contribution >= 0.6 is 11.6 Å². The topological polar surface area (TPSA) is 126 Å². The summed E-state index contributed by atoms with van der Waals surface area (Å²) in [4.78, 5) is 39.1. The Morgan fingerprint density at radius 1 is 1.11 bits per heavy atom. The normalized spacial score (nSPS) is 15.0. The van der Waals surface area contributed by atoms with Gasteiger partial charge in [0.15, 0.2) is 5.82 Å². The standard InChI is InChI=1S/C27H27ClN6O3/c1-37-27(19-9-5-6-10-20(19)28)11-13-34(14-12-27)26(36)21-15-18-24(30-16-22(29)35)32-23(33-25(18)31-21)17-7-3-2-4-8-17/h2-10,15H,11-14,16H2,1H3,(H2,29,35)(H2,30,31,32,33). The van der Waals surface area contributed by atoms with Gasteiger partial charge in [0, 0.05) is 36.3 Å². The number of aromatic amines is 1. The van der Waals surface area contributed by atoms with Crippen LogP contribution in [0.15, 0.2) is 60.7 Å². The van der Waals surface area contributed by atoms with Gasteiger partial charge in [-0.3, -0.25) is 9.59 Å². The highest BCUT2D eigenvalue weighted by Crippen LogP contribution is 2.40. The Hall–Kier alpha value is -3.95. The summed E-state index contributed by atoms with van der Waals surface area (Å²) in [6.45, 7) is 0.907. The highest BCUT2D eigenvalue weighted by Gasteiger charge is 2.39. The van der Waals surface area contributed by atoms with E-state index in [1.807, 2.05) is 54.6 Å². The molecule has 0 aliphatic carbocycles. The molecule has 4 aromatic rings. The molecule has 37 heavy (non-hydrogen) atoms. The van der Waals surface area contributed by atoms with Crippen LogP contribution in [0.1, 0.15) is 28.9 Å². The van der Waals surface area contributed by atoms with Crippen molar-refractivity contribution >= 4 is 40.3 Å². The summed E-state index contributed by atoms with van der Waals surface area (Å²) in [7, 11) is 1.68. The zero-order valence-electron chi connectivity index (χ0n) is 20.3. The van der Waals surface area contributed by atoms with Crippen LogP contribution in [0.25, 0.3) is 22.4 Å². The van der Waals surface area contributed by atoms with E-state index in [9.17, 15) is 9.59 Å². The Kier molecular flexibility index (Phi) is 6.82. The predicted octanol–water partition coefficient (Wildman–Crippen LogP) is 3.95. The molecule has 2 amide bonds. The van der Waals surface area contributed by atoms with Crippen molar-refractivity contribution in [2.75, 3.05) is 32.1 Å². The number of carbonyl (C=O) groups is 2. The third kappa shape index (κ3) is 4.87. The number of fused-ring (bicyclic) bond motifs is 1. The van der Waals surface area contributed by atoms with Crippen LogP contribution in [-0.2, 0) is 15.1 Å². The minimum atomic E-state index is -0.544. The number of primary amides is 1. The van der Waals surface area contributed by atoms with Gasteiger partial charge in [-0.2, -0.15) is 0 Å². The van der Waals surface area contributed by atoms with Crippen molar-refractivity contribution in [3.63, 3.8) is 0 Å². The number of halogens is 1. The van der Waals surface area contributed by atoms with Crippen molar-refractivity contribution in [3.8, 4) is 11.4 Å². The molecule has 0 radical (unpaired) electrons. The molecule has 5 rings (SSSR count). The maximum atomic E-state index is 13.5. The van der Waals surface area contributed by atoms with E-state index in [0.29, 0.717) is 59.3 Å². The SMILES string of the molecule is COC1(c2ccccc2Cl)CCN(C(=O)c2cc3c(NCC(N)=O)nc(-c4ccccc4)nc3[nH]2)CC1. The number of anilines is 1. The Labute approximate surface area is 219 Å². The maximum absolute atomic E-state index is 13.5. The van der Waals surface area contributed by atoms with Gasteiger partial charge in [0.25, 0.3) is 5.91 Å². The summed E-state index contributed by atoms with van der Waals surface area (Å²) >= 11 is 6.47. The number of methoxy groups -OCH3 is 1. The fraction of sp³-hybridized carbons (Fsp3) is 0.259. The van der Waals surface area contributed by atoms with Crippen LogP contribution in [0, 0.1) is 0 Å². The lowest BCUT2D eigenvalue weighted by Gasteiger charge is -2.41. The number of hydrogen-bond acceptors (Lipinski definition) is 6. The molecule has 9 nitrogen and oxygen atoms in total. The first-order chi connectivity index (χ1) is 17.9. The summed E-state index contributed by atoms with van der Waals surface area (Å²) in [6.07, 6.45) is 1.23. The third-order valence-corrected chi connectivity index (χ3v) is 7.12. The molecule has 1 fully saturated rings. The molecular weight excluding hydrogens is 492 g/mol. The number of amides is 2. The highest BCUT2D eigenvalue weighted by atomic mass is 35.5. The van der Waals surface area contributed by atoms with E-state index in [1.54, 1.807) is 18.1 Å². The van der Waals surface area contributed by atoms with Crippen LogP contribution in [0.4, 0.5) is 5.82 Å². The molecule has 2 aromatic carbocycles. The fourth-order valence-corrected chi connectivity index (χ4v) is 5.11. The monoisotopic (exact) mass is 518 g/mol. The summed E-state index contributed by atoms with van der Waals surface area (Å²) in [6, 6.07) is 18.8. The molecule has 0 unspecified atom stereocenters. The minimum Gasteiger partial charge on any atom is -0.373 e. The Balaban J connectivity index is 1.42. The number of hydrogen-bond donors (Lipinski definition) is 3. The second-order valence-electron chi connectivity index (χ2n) is 9.00. The number of carbonyl (C=O) groups excluding carboxylic acids is 2. The lowest BCUT2D eigenvalue weighted by atomic mass is 9.84. The minimum absolute atomic E-state index is 0.0952. The van der Waals surface area contributed by atoms with E-state index in [0.717, 1.165) is 11.1 Å². The molecule has 0 atom stereocenters. The smallest absolute Gasteiger partial charge is 0.270 e. The summed E-state index contributed by atoms with van der Waals surface area (Å²) < 4.78 is 5.95. The van der Waals surface area contributed by atoms with E-state index < -0.39 is 11.5 Å². The molecule has 10 heteroatoms. The summed E-state index contributed by atoms with van der Waals surface area (Å²) in [5.74, 6) is 0.217. The molecule has 4 N–H and O–H groups in total. The molecule has 2 aromatic heterocycles. The van der Waals surface area contributed by atoms with Crippen molar-refractivity contribution < 1.29 is 14.3 Å². The summed E-state index contributed by atoms with van der Waals surface area (Å²) in [5, 5.41) is 4.23. The largest absolute Gasteiger partial charge is 0.373 e. The van der Waals surface area contributed by atoms with Gasteiger partial charge in [0.2, 0.25) is 5.91 Å². The molecule has 1 aliphatic rings. The zero-order chi connectivity index (χ0) is 26.0. The first-order valence-electron chi connectivity index (χ1n) is 12.0. The molecule has 1 saturated heterocycles. The van der Waals surface area contributed by atoms with Crippen LogP contribution < -0.4 is 11.1 Å². The fourth-order valence-electron chi connectivity index (χ4n) is 4.80. The number of nitrogens with one attached hydrogen (secondary N) is 2. The Bertz CT molecular complexity index is 1450. The van der Waals surface area contributed by atoms with Gasteiger partial charge < -0.3 is 25.7 Å². The molecule has 0 bridgehead atoms. The Morgan fingerprint density at radius 2 is 1.81 bits per heavy atom. The first kappa shape index (κ1) is 24.7. The highest BCUT2D eigenvalue weighted by molar-refractivity contribution is 6.31. The van der Waals surface area contributed by atoms with Gasteiger partial charge in [0.1, 0.15) is 17.2 Å².